The van der Waals surface area contributed by atoms with Crippen LogP contribution in [0.25, 0.3) is 0 Å². The molecular weight excluding hydrogens is 180 g/mol. The van der Waals surface area contributed by atoms with Crippen molar-refractivity contribution in [2.24, 2.45) is 5.92 Å². The Morgan fingerprint density at radius 3 is 2.57 bits per heavy atom. The normalized spacial score (nSPS) is 26.9. The largest absolute Gasteiger partial charge is 0.386 e. The maximum atomic E-state index is 11.6. The number of nitrogens with zero attached hydrogens (tertiary/aromatic N) is 1. The van der Waals surface area contributed by atoms with Gasteiger partial charge in [0.1, 0.15) is 5.60 Å². The summed E-state index contributed by atoms with van der Waals surface area (Å²) in [6, 6.07) is -0.140. The van der Waals surface area contributed by atoms with Crippen LogP contribution >= 0.6 is 0 Å². The Morgan fingerprint density at radius 1 is 1.57 bits per heavy atom. The molecular formula is C10H18N2O2. The van der Waals surface area contributed by atoms with Crippen LogP contribution in [0.15, 0.2) is 0 Å². The lowest BCUT2D eigenvalue weighted by Gasteiger charge is -2.47. The van der Waals surface area contributed by atoms with Gasteiger partial charge in [0, 0.05) is 0 Å². The van der Waals surface area contributed by atoms with Crippen LogP contribution in [0.2, 0.25) is 0 Å². The predicted molar refractivity (Wildman–Crippen MR) is 52.8 cm³/mol. The van der Waals surface area contributed by atoms with Crippen molar-refractivity contribution in [1.29, 1.82) is 0 Å². The zero-order chi connectivity index (χ0) is 10.3. The molecule has 2 aliphatic rings. The van der Waals surface area contributed by atoms with E-state index in [1.165, 1.54) is 0 Å². The van der Waals surface area contributed by atoms with E-state index in [9.17, 15) is 9.90 Å². The zero-order valence-electron chi connectivity index (χ0n) is 8.79. The second-order valence-electron chi connectivity index (χ2n) is 4.58. The lowest BCUT2D eigenvalue weighted by atomic mass is 9.88. The van der Waals surface area contributed by atoms with Crippen LogP contribution in [0.1, 0.15) is 19.8 Å². The molecule has 1 saturated carbocycles. The first-order valence-corrected chi connectivity index (χ1v) is 5.25. The van der Waals surface area contributed by atoms with E-state index in [0.29, 0.717) is 19.0 Å². The van der Waals surface area contributed by atoms with E-state index in [4.69, 9.17) is 0 Å². The maximum Gasteiger partial charge on any atom is 0.239 e. The van der Waals surface area contributed by atoms with Gasteiger partial charge in [-0.05, 0) is 32.7 Å². The fourth-order valence-electron chi connectivity index (χ4n) is 2.05. The number of aliphatic hydroxyl groups is 1. The summed E-state index contributed by atoms with van der Waals surface area (Å²) < 4.78 is 0. The van der Waals surface area contributed by atoms with Gasteiger partial charge in [-0.15, -0.1) is 0 Å². The number of carbonyl (C=O) groups is 1. The molecule has 0 aromatic rings. The highest BCUT2D eigenvalue weighted by Gasteiger charge is 2.53. The highest BCUT2D eigenvalue weighted by atomic mass is 16.3. The zero-order valence-corrected chi connectivity index (χ0v) is 8.79. The van der Waals surface area contributed by atoms with Crippen LogP contribution in [-0.2, 0) is 4.79 Å². The highest BCUT2D eigenvalue weighted by Crippen LogP contribution is 2.44. The van der Waals surface area contributed by atoms with Gasteiger partial charge >= 0.3 is 0 Å². The third kappa shape index (κ3) is 1.53. The summed E-state index contributed by atoms with van der Waals surface area (Å²) >= 11 is 0. The van der Waals surface area contributed by atoms with Gasteiger partial charge in [0.15, 0.2) is 0 Å². The molecule has 0 aromatic heterocycles. The number of β-amino-alcohol motifs (C(OH)–C–C–N with tert-alkyl or cyclic N) is 1. The van der Waals surface area contributed by atoms with E-state index in [-0.39, 0.29) is 11.9 Å². The summed E-state index contributed by atoms with van der Waals surface area (Å²) in [5.41, 5.74) is -0.552. The van der Waals surface area contributed by atoms with E-state index in [1.54, 1.807) is 11.9 Å². The van der Waals surface area contributed by atoms with Crippen molar-refractivity contribution in [2.75, 3.05) is 20.1 Å². The van der Waals surface area contributed by atoms with Crippen LogP contribution in [-0.4, -0.2) is 47.7 Å². The van der Waals surface area contributed by atoms with Gasteiger partial charge in [-0.25, -0.2) is 0 Å². The van der Waals surface area contributed by atoms with Gasteiger partial charge in [-0.1, -0.05) is 0 Å². The number of likely N-dealkylation sites (N-methyl/N-ethyl adjacent to an activating group) is 1. The van der Waals surface area contributed by atoms with Crippen molar-refractivity contribution < 1.29 is 9.90 Å². The van der Waals surface area contributed by atoms with Crippen molar-refractivity contribution >= 4 is 5.91 Å². The average molecular weight is 198 g/mol. The van der Waals surface area contributed by atoms with Gasteiger partial charge in [-0.3, -0.25) is 4.79 Å². The molecule has 2 rings (SSSR count). The molecule has 14 heavy (non-hydrogen) atoms. The minimum atomic E-state index is -0.552. The molecule has 0 spiro atoms. The molecule has 80 valence electrons. The Kier molecular flexibility index (Phi) is 2.27. The van der Waals surface area contributed by atoms with Gasteiger partial charge in [0.05, 0.1) is 19.1 Å². The van der Waals surface area contributed by atoms with Crippen LogP contribution in [0.5, 0.6) is 0 Å². The molecule has 0 bridgehead atoms. The van der Waals surface area contributed by atoms with E-state index in [0.717, 1.165) is 12.8 Å². The third-order valence-electron chi connectivity index (χ3n) is 3.38. The molecule has 4 nitrogen and oxygen atoms in total. The summed E-state index contributed by atoms with van der Waals surface area (Å²) in [4.78, 5) is 13.4. The van der Waals surface area contributed by atoms with Crippen LogP contribution in [0, 0.1) is 5.92 Å². The number of amides is 1. The Bertz CT molecular complexity index is 245. The number of carbonyl (C=O) groups excluding carboxylic acids is 1. The Labute approximate surface area is 84.3 Å². The molecule has 0 aromatic carbocycles. The molecule has 1 atom stereocenters. The molecule has 2 N–H and O–H groups in total. The summed E-state index contributed by atoms with van der Waals surface area (Å²) in [5, 5.41) is 12.9. The monoisotopic (exact) mass is 198 g/mol. The van der Waals surface area contributed by atoms with Crippen molar-refractivity contribution in [3.63, 3.8) is 0 Å². The number of hydrogen-bond donors (Lipinski definition) is 2. The van der Waals surface area contributed by atoms with E-state index in [2.05, 4.69) is 5.32 Å². The molecule has 1 heterocycles. The van der Waals surface area contributed by atoms with Crippen molar-refractivity contribution in [1.82, 2.24) is 10.2 Å². The first-order valence-electron chi connectivity index (χ1n) is 5.25. The number of hydrogen-bond acceptors (Lipinski definition) is 3. The quantitative estimate of drug-likeness (QED) is 0.647. The van der Waals surface area contributed by atoms with Gasteiger partial charge in [-0.2, -0.15) is 0 Å². The number of likely N-dealkylation sites (tertiary alicyclic amines) is 1. The smallest absolute Gasteiger partial charge is 0.239 e. The van der Waals surface area contributed by atoms with Crippen molar-refractivity contribution in [2.45, 2.75) is 31.4 Å². The van der Waals surface area contributed by atoms with Gasteiger partial charge in [0.25, 0.3) is 0 Å². The minimum absolute atomic E-state index is 0.0952. The Balaban J connectivity index is 1.84. The van der Waals surface area contributed by atoms with E-state index >= 15 is 0 Å². The fourth-order valence-corrected chi connectivity index (χ4v) is 2.05. The molecule has 4 heteroatoms. The molecule has 1 aliphatic carbocycles. The van der Waals surface area contributed by atoms with Gasteiger partial charge < -0.3 is 15.3 Å². The molecule has 1 saturated heterocycles. The molecule has 1 amide bonds. The minimum Gasteiger partial charge on any atom is -0.386 e. The van der Waals surface area contributed by atoms with E-state index in [1.807, 2.05) is 6.92 Å². The topological polar surface area (TPSA) is 52.6 Å². The van der Waals surface area contributed by atoms with Crippen LogP contribution in [0.3, 0.4) is 0 Å². The standard InChI is InChI=1S/C10H18N2O2/c1-7(11-2)9(13)12-5-10(14,6-12)8-3-4-8/h7-8,11,14H,3-6H2,1-2H3. The summed E-state index contributed by atoms with van der Waals surface area (Å²) in [5.74, 6) is 0.550. The second-order valence-corrected chi connectivity index (χ2v) is 4.58. The molecule has 1 aliphatic heterocycles. The van der Waals surface area contributed by atoms with Gasteiger partial charge in [0.2, 0.25) is 5.91 Å². The molecule has 1 unspecified atom stereocenters. The van der Waals surface area contributed by atoms with Crippen LogP contribution < -0.4 is 5.32 Å². The lowest BCUT2D eigenvalue weighted by molar-refractivity contribution is -0.160. The second kappa shape index (κ2) is 3.21. The summed E-state index contributed by atoms with van der Waals surface area (Å²) in [6.45, 7) is 2.90. The van der Waals surface area contributed by atoms with Crippen molar-refractivity contribution in [3.8, 4) is 0 Å². The first-order chi connectivity index (χ1) is 6.57. The van der Waals surface area contributed by atoms with E-state index < -0.39 is 5.60 Å². The number of nitrogens with one attached hydrogen (secondary N) is 1. The molecule has 2 fully saturated rings. The first kappa shape index (κ1) is 9.93. The summed E-state index contributed by atoms with van der Waals surface area (Å²) in [6.07, 6.45) is 2.25. The average Bonchev–Trinajstić information content (AvgIpc) is 2.93. The highest BCUT2D eigenvalue weighted by molar-refractivity contribution is 5.82. The predicted octanol–water partition coefficient (Wildman–Crippen LogP) is -0.422. The molecule has 0 radical (unpaired) electrons. The fraction of sp³-hybridized carbons (Fsp3) is 0.900. The van der Waals surface area contributed by atoms with Crippen LogP contribution in [0.4, 0.5) is 0 Å². The third-order valence-corrected chi connectivity index (χ3v) is 3.38. The number of rotatable bonds is 3. The Morgan fingerprint density at radius 2 is 2.14 bits per heavy atom. The maximum absolute atomic E-state index is 11.6. The Hall–Kier alpha value is -0.610. The van der Waals surface area contributed by atoms with Crippen molar-refractivity contribution in [3.05, 3.63) is 0 Å². The lowest BCUT2D eigenvalue weighted by Crippen LogP contribution is -2.66. The SMILES string of the molecule is CNC(C)C(=O)N1CC(O)(C2CC2)C1. The summed E-state index contributed by atoms with van der Waals surface area (Å²) in [7, 11) is 1.77.